The zero-order valence-corrected chi connectivity index (χ0v) is 18.7. The van der Waals surface area contributed by atoms with Crippen LogP contribution in [-0.4, -0.2) is 49.6 Å². The van der Waals surface area contributed by atoms with Crippen molar-refractivity contribution < 1.29 is 4.79 Å². The van der Waals surface area contributed by atoms with Gasteiger partial charge in [0.1, 0.15) is 0 Å². The summed E-state index contributed by atoms with van der Waals surface area (Å²) in [5.74, 6) is 0.260. The van der Waals surface area contributed by atoms with Gasteiger partial charge < -0.3 is 20.4 Å². The van der Waals surface area contributed by atoms with E-state index in [0.29, 0.717) is 10.0 Å². The lowest BCUT2D eigenvalue weighted by Crippen LogP contribution is -2.53. The van der Waals surface area contributed by atoms with Crippen molar-refractivity contribution in [2.24, 2.45) is 0 Å². The van der Waals surface area contributed by atoms with Gasteiger partial charge in [-0.3, -0.25) is 4.79 Å². The van der Waals surface area contributed by atoms with E-state index in [-0.39, 0.29) is 18.0 Å². The van der Waals surface area contributed by atoms with Gasteiger partial charge in [-0.15, -0.1) is 0 Å². The summed E-state index contributed by atoms with van der Waals surface area (Å²) in [5, 5.41) is 8.15. The Morgan fingerprint density at radius 2 is 1.93 bits per heavy atom. The van der Waals surface area contributed by atoms with Crippen LogP contribution in [0.1, 0.15) is 31.4 Å². The highest BCUT2D eigenvalue weighted by atomic mass is 35.5. The summed E-state index contributed by atoms with van der Waals surface area (Å²) >= 11 is 12.4. The Kier molecular flexibility index (Phi) is 6.71. The number of hydrogen-bond donors (Lipinski definition) is 2. The second kappa shape index (κ2) is 9.46. The molecule has 2 saturated heterocycles. The normalized spacial score (nSPS) is 20.3. The summed E-state index contributed by atoms with van der Waals surface area (Å²) in [5.41, 5.74) is 3.22. The molecule has 2 fully saturated rings. The number of hydrogen-bond acceptors (Lipinski definition) is 4. The number of benzene rings is 2. The van der Waals surface area contributed by atoms with Gasteiger partial charge in [0.25, 0.3) is 0 Å². The van der Waals surface area contributed by atoms with Crippen molar-refractivity contribution in [1.82, 2.24) is 10.2 Å². The molecule has 7 heteroatoms. The topological polar surface area (TPSA) is 47.6 Å². The molecule has 0 bridgehead atoms. The molecule has 5 nitrogen and oxygen atoms in total. The molecule has 2 aromatic carbocycles. The van der Waals surface area contributed by atoms with Gasteiger partial charge >= 0.3 is 0 Å². The van der Waals surface area contributed by atoms with Gasteiger partial charge in [0.05, 0.1) is 6.04 Å². The highest BCUT2D eigenvalue weighted by molar-refractivity contribution is 6.35. The van der Waals surface area contributed by atoms with Crippen LogP contribution >= 0.6 is 23.2 Å². The maximum Gasteiger partial charge on any atom is 0.239 e. The van der Waals surface area contributed by atoms with E-state index in [2.05, 4.69) is 46.7 Å². The van der Waals surface area contributed by atoms with Gasteiger partial charge in [-0.05, 0) is 62.2 Å². The number of rotatable bonds is 5. The van der Waals surface area contributed by atoms with Crippen LogP contribution in [0.15, 0.2) is 42.5 Å². The minimum absolute atomic E-state index is 0.0188. The third kappa shape index (κ3) is 4.85. The van der Waals surface area contributed by atoms with Crippen LogP contribution in [0.3, 0.4) is 0 Å². The van der Waals surface area contributed by atoms with Crippen molar-refractivity contribution in [2.75, 3.05) is 42.9 Å². The largest absolute Gasteiger partial charge is 0.378 e. The van der Waals surface area contributed by atoms with Crippen LogP contribution in [-0.2, 0) is 4.79 Å². The summed E-state index contributed by atoms with van der Waals surface area (Å²) in [4.78, 5) is 17.0. The van der Waals surface area contributed by atoms with E-state index < -0.39 is 0 Å². The van der Waals surface area contributed by atoms with Gasteiger partial charge in [-0.1, -0.05) is 35.3 Å². The van der Waals surface area contributed by atoms with E-state index in [1.165, 1.54) is 5.69 Å². The highest BCUT2D eigenvalue weighted by Crippen LogP contribution is 2.30. The Balaban J connectivity index is 1.37. The molecule has 0 spiro atoms. The summed E-state index contributed by atoms with van der Waals surface area (Å²) in [6.07, 6.45) is 2.05. The lowest BCUT2D eigenvalue weighted by molar-refractivity contribution is -0.133. The Morgan fingerprint density at radius 3 is 2.63 bits per heavy atom. The fraction of sp³-hybridized carbons (Fsp3) is 0.435. The molecule has 0 saturated carbocycles. The van der Waals surface area contributed by atoms with E-state index in [9.17, 15) is 4.79 Å². The van der Waals surface area contributed by atoms with Gasteiger partial charge in [0, 0.05) is 53.6 Å². The molecule has 2 aromatic rings. The first-order valence-electron chi connectivity index (χ1n) is 10.6. The number of nitrogens with one attached hydrogen (secondary N) is 2. The number of amides is 1. The van der Waals surface area contributed by atoms with Gasteiger partial charge in [-0.25, -0.2) is 0 Å². The molecule has 1 unspecified atom stereocenters. The molecule has 2 atom stereocenters. The number of anilines is 2. The average Bonchev–Trinajstić information content (AvgIpc) is 3.28. The summed E-state index contributed by atoms with van der Waals surface area (Å²) in [7, 11) is 0. The maximum atomic E-state index is 12.6. The first-order valence-corrected chi connectivity index (χ1v) is 11.4. The predicted octanol–water partition coefficient (Wildman–Crippen LogP) is 4.57. The predicted molar refractivity (Wildman–Crippen MR) is 125 cm³/mol. The third-order valence-electron chi connectivity index (χ3n) is 5.97. The molecule has 2 aliphatic rings. The number of piperazine rings is 1. The zero-order valence-electron chi connectivity index (χ0n) is 17.2. The summed E-state index contributed by atoms with van der Waals surface area (Å²) in [6.45, 7) is 6.27. The molecule has 2 aliphatic heterocycles. The van der Waals surface area contributed by atoms with Crippen molar-refractivity contribution in [1.29, 1.82) is 0 Å². The van der Waals surface area contributed by atoms with E-state index in [1.807, 2.05) is 17.0 Å². The van der Waals surface area contributed by atoms with Crippen molar-refractivity contribution >= 4 is 40.5 Å². The van der Waals surface area contributed by atoms with Crippen molar-refractivity contribution in [3.05, 3.63) is 58.1 Å². The van der Waals surface area contributed by atoms with Gasteiger partial charge in [-0.2, -0.15) is 0 Å². The second-order valence-electron chi connectivity index (χ2n) is 8.04. The standard InChI is InChI=1S/C23H28Cl2N4O/c1-16(20-8-7-17(24)14-21(20)25)27-18-4-2-5-19(15-18)28-10-12-29(13-11-28)23(30)22-6-3-9-26-22/h2,4-5,7-8,14-16,22,26-27H,3,6,9-13H2,1H3/t16?,22-/m1/s1. The molecule has 160 valence electrons. The number of carbonyl (C=O) groups excluding carboxylic acids is 1. The van der Waals surface area contributed by atoms with Gasteiger partial charge in [0.2, 0.25) is 5.91 Å². The van der Waals surface area contributed by atoms with Crippen LogP contribution in [0, 0.1) is 0 Å². The average molecular weight is 447 g/mol. The van der Waals surface area contributed by atoms with Gasteiger partial charge in [0.15, 0.2) is 0 Å². The zero-order chi connectivity index (χ0) is 21.1. The third-order valence-corrected chi connectivity index (χ3v) is 6.54. The van der Waals surface area contributed by atoms with E-state index in [1.54, 1.807) is 6.07 Å². The quantitative estimate of drug-likeness (QED) is 0.705. The summed E-state index contributed by atoms with van der Waals surface area (Å²) in [6, 6.07) is 14.1. The lowest BCUT2D eigenvalue weighted by Gasteiger charge is -2.37. The van der Waals surface area contributed by atoms with Crippen molar-refractivity contribution in [2.45, 2.75) is 31.8 Å². The summed E-state index contributed by atoms with van der Waals surface area (Å²) < 4.78 is 0. The first kappa shape index (κ1) is 21.3. The monoisotopic (exact) mass is 446 g/mol. The SMILES string of the molecule is CC(Nc1cccc(N2CCN(C(=O)[C@H]3CCCN3)CC2)c1)c1ccc(Cl)cc1Cl. The molecule has 0 radical (unpaired) electrons. The molecule has 2 heterocycles. The molecule has 2 N–H and O–H groups in total. The van der Waals surface area contributed by atoms with Crippen LogP contribution < -0.4 is 15.5 Å². The number of halogens is 2. The Hall–Kier alpha value is -1.95. The number of carbonyl (C=O) groups is 1. The van der Waals surface area contributed by atoms with Crippen LogP contribution in [0.5, 0.6) is 0 Å². The molecule has 1 amide bonds. The minimum atomic E-state index is 0.0188. The molecule has 0 aliphatic carbocycles. The van der Waals surface area contributed by atoms with Crippen LogP contribution in [0.25, 0.3) is 0 Å². The lowest BCUT2D eigenvalue weighted by atomic mass is 10.1. The Bertz CT molecular complexity index is 893. The molecular weight excluding hydrogens is 419 g/mol. The second-order valence-corrected chi connectivity index (χ2v) is 8.89. The Labute approximate surface area is 188 Å². The molecule has 0 aromatic heterocycles. The van der Waals surface area contributed by atoms with E-state index in [0.717, 1.165) is 56.8 Å². The minimum Gasteiger partial charge on any atom is -0.378 e. The van der Waals surface area contributed by atoms with E-state index in [4.69, 9.17) is 23.2 Å². The fourth-order valence-corrected chi connectivity index (χ4v) is 4.85. The smallest absolute Gasteiger partial charge is 0.239 e. The molecule has 4 rings (SSSR count). The van der Waals surface area contributed by atoms with E-state index >= 15 is 0 Å². The number of nitrogens with zero attached hydrogens (tertiary/aromatic N) is 2. The van der Waals surface area contributed by atoms with Crippen LogP contribution in [0.4, 0.5) is 11.4 Å². The van der Waals surface area contributed by atoms with Crippen molar-refractivity contribution in [3.63, 3.8) is 0 Å². The molecular formula is C23H28Cl2N4O. The molecule has 30 heavy (non-hydrogen) atoms. The Morgan fingerprint density at radius 1 is 1.13 bits per heavy atom. The van der Waals surface area contributed by atoms with Crippen molar-refractivity contribution in [3.8, 4) is 0 Å². The van der Waals surface area contributed by atoms with Crippen LogP contribution in [0.2, 0.25) is 10.0 Å². The highest BCUT2D eigenvalue weighted by Gasteiger charge is 2.29. The maximum absolute atomic E-state index is 12.6. The fourth-order valence-electron chi connectivity index (χ4n) is 4.27. The first-order chi connectivity index (χ1) is 14.5.